The Kier molecular flexibility index (Phi) is 4.88. The summed E-state index contributed by atoms with van der Waals surface area (Å²) in [6.07, 6.45) is 2.63. The Labute approximate surface area is 154 Å². The quantitative estimate of drug-likeness (QED) is 0.685. The number of anilines is 1. The highest BCUT2D eigenvalue weighted by molar-refractivity contribution is 7.90. The van der Waals surface area contributed by atoms with Gasteiger partial charge in [0.1, 0.15) is 5.82 Å². The molecule has 1 amide bonds. The molecule has 0 saturated carbocycles. The fraction of sp³-hybridized carbons (Fsp3) is 0.111. The van der Waals surface area contributed by atoms with Gasteiger partial charge in [-0.1, -0.05) is 35.6 Å². The Morgan fingerprint density at radius 1 is 1.19 bits per heavy atom. The molecule has 1 aromatic heterocycles. The molecule has 0 unspecified atom stereocenters. The molecule has 0 bridgehead atoms. The van der Waals surface area contributed by atoms with Gasteiger partial charge in [0.05, 0.1) is 15.3 Å². The number of benzene rings is 2. The van der Waals surface area contributed by atoms with Gasteiger partial charge in [0.15, 0.2) is 15.0 Å². The number of rotatable bonds is 4. The predicted octanol–water partition coefficient (Wildman–Crippen LogP) is 3.91. The van der Waals surface area contributed by atoms with E-state index in [1.807, 2.05) is 31.2 Å². The Bertz CT molecular complexity index is 1090. The molecule has 0 aliphatic carbocycles. The molecule has 0 aliphatic heterocycles. The lowest BCUT2D eigenvalue weighted by Crippen LogP contribution is -2.14. The normalized spacial score (nSPS) is 11.3. The number of nitrogens with zero attached hydrogens (tertiary/aromatic N) is 1. The largest absolute Gasteiger partial charge is 0.298 e. The van der Waals surface area contributed by atoms with Crippen molar-refractivity contribution in [2.75, 3.05) is 11.6 Å². The third-order valence-corrected chi connectivity index (χ3v) is 5.80. The van der Waals surface area contributed by atoms with Crippen LogP contribution in [0.1, 0.15) is 15.9 Å². The first-order valence-electron chi connectivity index (χ1n) is 7.58. The minimum absolute atomic E-state index is 0.121. The highest BCUT2D eigenvalue weighted by atomic mass is 32.2. The molecule has 134 valence electrons. The molecule has 0 spiro atoms. The van der Waals surface area contributed by atoms with Crippen LogP contribution in [0.4, 0.5) is 9.52 Å². The highest BCUT2D eigenvalue weighted by Crippen LogP contribution is 2.31. The van der Waals surface area contributed by atoms with E-state index in [0.29, 0.717) is 5.13 Å². The van der Waals surface area contributed by atoms with Gasteiger partial charge in [0.2, 0.25) is 0 Å². The van der Waals surface area contributed by atoms with Crippen molar-refractivity contribution in [3.8, 4) is 10.4 Å². The van der Waals surface area contributed by atoms with Crippen LogP contribution in [0, 0.1) is 12.7 Å². The van der Waals surface area contributed by atoms with E-state index in [0.717, 1.165) is 40.5 Å². The summed E-state index contributed by atoms with van der Waals surface area (Å²) >= 11 is 1.25. The molecule has 0 fully saturated rings. The lowest BCUT2D eigenvalue weighted by molar-refractivity contribution is 0.102. The zero-order valence-corrected chi connectivity index (χ0v) is 15.6. The van der Waals surface area contributed by atoms with Gasteiger partial charge in [-0.15, -0.1) is 0 Å². The van der Waals surface area contributed by atoms with Gasteiger partial charge < -0.3 is 0 Å². The summed E-state index contributed by atoms with van der Waals surface area (Å²) in [6, 6.07) is 10.9. The van der Waals surface area contributed by atoms with E-state index in [1.54, 1.807) is 6.20 Å². The minimum Gasteiger partial charge on any atom is -0.298 e. The number of nitrogens with one attached hydrogen (secondary N) is 1. The van der Waals surface area contributed by atoms with E-state index in [-0.39, 0.29) is 10.5 Å². The van der Waals surface area contributed by atoms with Crippen LogP contribution in [0.3, 0.4) is 0 Å². The summed E-state index contributed by atoms with van der Waals surface area (Å²) in [5.41, 5.74) is 1.72. The summed E-state index contributed by atoms with van der Waals surface area (Å²) < 4.78 is 37.2. The van der Waals surface area contributed by atoms with Crippen molar-refractivity contribution in [2.45, 2.75) is 11.8 Å². The molecule has 1 heterocycles. The van der Waals surface area contributed by atoms with Crippen molar-refractivity contribution in [2.24, 2.45) is 0 Å². The zero-order chi connectivity index (χ0) is 18.9. The SMILES string of the molecule is Cc1ccccc1-c1cnc(NC(=O)c2cc(S(C)(=O)=O)ccc2F)s1. The Morgan fingerprint density at radius 3 is 2.62 bits per heavy atom. The summed E-state index contributed by atoms with van der Waals surface area (Å²) in [4.78, 5) is 17.2. The lowest BCUT2D eigenvalue weighted by atomic mass is 10.1. The first kappa shape index (κ1) is 18.2. The van der Waals surface area contributed by atoms with Gasteiger partial charge in [0.25, 0.3) is 5.91 Å². The Morgan fingerprint density at radius 2 is 1.92 bits per heavy atom. The molecule has 0 atom stereocenters. The topological polar surface area (TPSA) is 76.1 Å². The molecule has 0 radical (unpaired) electrons. The molecule has 3 rings (SSSR count). The maximum absolute atomic E-state index is 14.0. The number of thiazole rings is 1. The van der Waals surface area contributed by atoms with Crippen LogP contribution >= 0.6 is 11.3 Å². The molecular weight excluding hydrogens is 375 g/mol. The van der Waals surface area contributed by atoms with Crippen molar-refractivity contribution in [3.05, 3.63) is 65.6 Å². The fourth-order valence-electron chi connectivity index (χ4n) is 2.38. The molecule has 5 nitrogen and oxygen atoms in total. The molecule has 26 heavy (non-hydrogen) atoms. The summed E-state index contributed by atoms with van der Waals surface area (Å²) in [5, 5.41) is 2.82. The number of carbonyl (C=O) groups is 1. The average molecular weight is 390 g/mol. The fourth-order valence-corrected chi connectivity index (χ4v) is 3.93. The zero-order valence-electron chi connectivity index (χ0n) is 14.0. The van der Waals surface area contributed by atoms with E-state index in [9.17, 15) is 17.6 Å². The standard InChI is InChI=1S/C18H15FN2O3S2/c1-11-5-3-4-6-13(11)16-10-20-18(25-16)21-17(22)14-9-12(26(2,23)24)7-8-15(14)19/h3-10H,1-2H3,(H,20,21,22). The summed E-state index contributed by atoms with van der Waals surface area (Å²) in [5.74, 6) is -1.55. The highest BCUT2D eigenvalue weighted by Gasteiger charge is 2.18. The number of hydrogen-bond acceptors (Lipinski definition) is 5. The van der Waals surface area contributed by atoms with Gasteiger partial charge >= 0.3 is 0 Å². The second kappa shape index (κ2) is 6.97. The van der Waals surface area contributed by atoms with Crippen molar-refractivity contribution in [1.82, 2.24) is 4.98 Å². The number of carbonyl (C=O) groups excluding carboxylic acids is 1. The molecular formula is C18H15FN2O3S2. The second-order valence-electron chi connectivity index (χ2n) is 5.71. The van der Waals surface area contributed by atoms with Crippen LogP contribution < -0.4 is 5.32 Å². The lowest BCUT2D eigenvalue weighted by Gasteiger charge is -2.05. The van der Waals surface area contributed by atoms with Crippen LogP contribution in [0.2, 0.25) is 0 Å². The third-order valence-electron chi connectivity index (χ3n) is 3.75. The smallest absolute Gasteiger partial charge is 0.260 e. The van der Waals surface area contributed by atoms with Crippen molar-refractivity contribution >= 4 is 32.2 Å². The average Bonchev–Trinajstić information content (AvgIpc) is 3.02. The minimum atomic E-state index is -3.54. The first-order chi connectivity index (χ1) is 12.3. The van der Waals surface area contributed by atoms with E-state index >= 15 is 0 Å². The second-order valence-corrected chi connectivity index (χ2v) is 8.76. The van der Waals surface area contributed by atoms with Crippen molar-refractivity contribution < 1.29 is 17.6 Å². The summed E-state index contributed by atoms with van der Waals surface area (Å²) in [7, 11) is -3.54. The van der Waals surface area contributed by atoms with Gasteiger partial charge in [-0.2, -0.15) is 0 Å². The Hall–Kier alpha value is -2.58. The molecule has 1 N–H and O–H groups in total. The van der Waals surface area contributed by atoms with Crippen molar-refractivity contribution in [1.29, 1.82) is 0 Å². The van der Waals surface area contributed by atoms with E-state index in [1.165, 1.54) is 11.3 Å². The number of hydrogen-bond donors (Lipinski definition) is 1. The van der Waals surface area contributed by atoms with Crippen LogP contribution in [-0.4, -0.2) is 25.6 Å². The maximum atomic E-state index is 14.0. The van der Waals surface area contributed by atoms with Gasteiger partial charge in [-0.3, -0.25) is 10.1 Å². The van der Waals surface area contributed by atoms with Crippen LogP contribution in [0.5, 0.6) is 0 Å². The molecule has 0 aliphatic rings. The third kappa shape index (κ3) is 3.81. The Balaban J connectivity index is 1.87. The monoisotopic (exact) mass is 390 g/mol. The molecule has 3 aromatic rings. The van der Waals surface area contributed by atoms with Gasteiger partial charge in [-0.05, 0) is 36.2 Å². The van der Waals surface area contributed by atoms with E-state index in [2.05, 4.69) is 10.3 Å². The first-order valence-corrected chi connectivity index (χ1v) is 10.3. The maximum Gasteiger partial charge on any atom is 0.260 e. The van der Waals surface area contributed by atoms with E-state index in [4.69, 9.17) is 0 Å². The van der Waals surface area contributed by atoms with Crippen LogP contribution in [0.15, 0.2) is 53.6 Å². The van der Waals surface area contributed by atoms with Crippen molar-refractivity contribution in [3.63, 3.8) is 0 Å². The molecule has 0 saturated heterocycles. The predicted molar refractivity (Wildman–Crippen MR) is 99.8 cm³/mol. The van der Waals surface area contributed by atoms with Crippen LogP contribution in [0.25, 0.3) is 10.4 Å². The number of aryl methyl sites for hydroxylation is 1. The van der Waals surface area contributed by atoms with E-state index < -0.39 is 21.6 Å². The number of aromatic nitrogens is 1. The van der Waals surface area contributed by atoms with Crippen LogP contribution in [-0.2, 0) is 9.84 Å². The number of sulfone groups is 1. The number of halogens is 1. The van der Waals surface area contributed by atoms with Gasteiger partial charge in [0, 0.05) is 12.5 Å². The van der Waals surface area contributed by atoms with Gasteiger partial charge in [-0.25, -0.2) is 17.8 Å². The summed E-state index contributed by atoms with van der Waals surface area (Å²) in [6.45, 7) is 1.97. The number of amides is 1. The molecule has 8 heteroatoms. The molecule has 2 aromatic carbocycles.